The quantitative estimate of drug-likeness (QED) is 0.252. The molecule has 4 aromatic carbocycles. The maximum atomic E-state index is 13.5. The molecule has 1 saturated heterocycles. The van der Waals surface area contributed by atoms with Gasteiger partial charge in [0.2, 0.25) is 11.8 Å². The van der Waals surface area contributed by atoms with Gasteiger partial charge < -0.3 is 19.5 Å². The van der Waals surface area contributed by atoms with Crippen molar-refractivity contribution in [3.8, 4) is 11.5 Å². The Balaban J connectivity index is 0.994. The number of anilines is 2. The minimum Gasteiger partial charge on any atom is -0.411 e. The summed E-state index contributed by atoms with van der Waals surface area (Å²) in [6.45, 7) is 2.41. The highest BCUT2D eigenvalue weighted by atomic mass is 32.2. The van der Waals surface area contributed by atoms with Crippen molar-refractivity contribution in [1.29, 1.82) is 0 Å². The Labute approximate surface area is 240 Å². The SMILES string of the molecule is O=C(CSc1nnc(-c2cccc3ccccc23)o1)Nc1ccc(N2CCN(C(=O)c3cccc(F)c3)CC2)cc1. The van der Waals surface area contributed by atoms with Gasteiger partial charge in [-0.1, -0.05) is 54.2 Å². The number of carbonyl (C=O) groups excluding carboxylic acids is 2. The van der Waals surface area contributed by atoms with E-state index >= 15 is 0 Å². The number of thioether (sulfide) groups is 1. The smallest absolute Gasteiger partial charge is 0.277 e. The van der Waals surface area contributed by atoms with Gasteiger partial charge in [-0.2, -0.15) is 0 Å². The summed E-state index contributed by atoms with van der Waals surface area (Å²) in [5.41, 5.74) is 2.90. The molecule has 206 valence electrons. The van der Waals surface area contributed by atoms with Crippen LogP contribution in [0, 0.1) is 5.82 Å². The second-order valence-electron chi connectivity index (χ2n) is 9.57. The van der Waals surface area contributed by atoms with Gasteiger partial charge in [-0.15, -0.1) is 10.2 Å². The lowest BCUT2D eigenvalue weighted by molar-refractivity contribution is -0.113. The number of benzene rings is 4. The molecule has 0 unspecified atom stereocenters. The van der Waals surface area contributed by atoms with Gasteiger partial charge in [0.15, 0.2) is 0 Å². The molecule has 2 heterocycles. The van der Waals surface area contributed by atoms with E-state index in [1.807, 2.05) is 66.7 Å². The molecule has 1 aliphatic rings. The van der Waals surface area contributed by atoms with Crippen LogP contribution >= 0.6 is 11.8 Å². The van der Waals surface area contributed by atoms with E-state index in [1.54, 1.807) is 17.0 Å². The third kappa shape index (κ3) is 6.07. The molecule has 5 aromatic rings. The third-order valence-electron chi connectivity index (χ3n) is 6.91. The fraction of sp³-hybridized carbons (Fsp3) is 0.161. The lowest BCUT2D eigenvalue weighted by atomic mass is 10.0. The molecule has 1 aliphatic heterocycles. The first kappa shape index (κ1) is 26.5. The number of halogens is 1. The van der Waals surface area contributed by atoms with Crippen molar-refractivity contribution in [3.63, 3.8) is 0 Å². The van der Waals surface area contributed by atoms with Crippen LogP contribution in [0.2, 0.25) is 0 Å². The van der Waals surface area contributed by atoms with E-state index in [2.05, 4.69) is 20.4 Å². The van der Waals surface area contributed by atoms with E-state index in [9.17, 15) is 14.0 Å². The largest absolute Gasteiger partial charge is 0.411 e. The number of hydrogen-bond acceptors (Lipinski definition) is 7. The summed E-state index contributed by atoms with van der Waals surface area (Å²) in [6, 6.07) is 27.3. The van der Waals surface area contributed by atoms with Crippen LogP contribution in [0.25, 0.3) is 22.2 Å². The van der Waals surface area contributed by atoms with E-state index in [0.717, 1.165) is 22.0 Å². The predicted molar refractivity (Wildman–Crippen MR) is 158 cm³/mol. The molecule has 0 spiro atoms. The molecule has 6 rings (SSSR count). The fourth-order valence-corrected chi connectivity index (χ4v) is 5.40. The van der Waals surface area contributed by atoms with Gasteiger partial charge in [-0.3, -0.25) is 9.59 Å². The van der Waals surface area contributed by atoms with E-state index in [0.29, 0.717) is 48.5 Å². The van der Waals surface area contributed by atoms with Crippen molar-refractivity contribution in [3.05, 3.63) is 102 Å². The number of amides is 2. The summed E-state index contributed by atoms with van der Waals surface area (Å²) >= 11 is 1.18. The zero-order chi connectivity index (χ0) is 28.2. The molecule has 1 fully saturated rings. The Bertz CT molecular complexity index is 1690. The number of nitrogens with one attached hydrogen (secondary N) is 1. The number of carbonyl (C=O) groups is 2. The number of aromatic nitrogens is 2. The second-order valence-corrected chi connectivity index (χ2v) is 10.5. The summed E-state index contributed by atoms with van der Waals surface area (Å²) in [5, 5.41) is 13.6. The molecule has 1 aromatic heterocycles. The summed E-state index contributed by atoms with van der Waals surface area (Å²) in [6.07, 6.45) is 0. The van der Waals surface area contributed by atoms with Crippen LogP contribution in [0.5, 0.6) is 0 Å². The molecule has 0 aliphatic carbocycles. The Morgan fingerprint density at radius 1 is 0.878 bits per heavy atom. The molecule has 41 heavy (non-hydrogen) atoms. The molecule has 10 heteroatoms. The van der Waals surface area contributed by atoms with Gasteiger partial charge in [0.05, 0.1) is 5.75 Å². The summed E-state index contributed by atoms with van der Waals surface area (Å²) in [4.78, 5) is 29.2. The van der Waals surface area contributed by atoms with Gasteiger partial charge in [0.1, 0.15) is 5.82 Å². The number of piperazine rings is 1. The first-order valence-electron chi connectivity index (χ1n) is 13.2. The Hall–Kier alpha value is -4.70. The number of hydrogen-bond donors (Lipinski definition) is 1. The first-order chi connectivity index (χ1) is 20.0. The molecule has 0 saturated carbocycles. The fourth-order valence-electron chi connectivity index (χ4n) is 4.84. The molecule has 8 nitrogen and oxygen atoms in total. The zero-order valence-electron chi connectivity index (χ0n) is 22.0. The topological polar surface area (TPSA) is 91.6 Å². The average molecular weight is 568 g/mol. The molecular weight excluding hydrogens is 541 g/mol. The monoisotopic (exact) mass is 567 g/mol. The standard InChI is InChI=1S/C31H26FN5O3S/c32-23-8-3-7-22(19-23)30(39)37-17-15-36(16-18-37)25-13-11-24(12-14-25)33-28(38)20-41-31-35-34-29(40-31)27-10-4-6-21-5-1-2-9-26(21)27/h1-14,19H,15-18,20H2,(H,33,38). The highest BCUT2D eigenvalue weighted by molar-refractivity contribution is 7.99. The number of fused-ring (bicyclic) bond motifs is 1. The van der Waals surface area contributed by atoms with Gasteiger partial charge in [0, 0.05) is 48.7 Å². The predicted octanol–water partition coefficient (Wildman–Crippen LogP) is 5.72. The van der Waals surface area contributed by atoms with E-state index in [4.69, 9.17) is 4.42 Å². The summed E-state index contributed by atoms with van der Waals surface area (Å²) < 4.78 is 19.3. The van der Waals surface area contributed by atoms with Crippen molar-refractivity contribution in [2.24, 2.45) is 0 Å². The maximum Gasteiger partial charge on any atom is 0.277 e. The van der Waals surface area contributed by atoms with Crippen molar-refractivity contribution >= 4 is 45.7 Å². The minimum atomic E-state index is -0.416. The maximum absolute atomic E-state index is 13.5. The highest BCUT2D eigenvalue weighted by Crippen LogP contribution is 2.29. The second kappa shape index (κ2) is 11.8. The van der Waals surface area contributed by atoms with Crippen molar-refractivity contribution in [2.75, 3.05) is 42.1 Å². The Morgan fingerprint density at radius 3 is 2.44 bits per heavy atom. The van der Waals surface area contributed by atoms with Crippen molar-refractivity contribution < 1.29 is 18.4 Å². The lowest BCUT2D eigenvalue weighted by Gasteiger charge is -2.36. The van der Waals surface area contributed by atoms with E-state index in [1.165, 1.54) is 23.9 Å². The minimum absolute atomic E-state index is 0.125. The lowest BCUT2D eigenvalue weighted by Crippen LogP contribution is -2.48. The van der Waals surface area contributed by atoms with Crippen LogP contribution in [0.1, 0.15) is 10.4 Å². The van der Waals surface area contributed by atoms with Gasteiger partial charge in [-0.05, 0) is 59.3 Å². The van der Waals surface area contributed by atoms with Gasteiger partial charge in [0.25, 0.3) is 11.1 Å². The first-order valence-corrected chi connectivity index (χ1v) is 14.2. The Morgan fingerprint density at radius 2 is 1.63 bits per heavy atom. The molecule has 0 atom stereocenters. The Kier molecular flexibility index (Phi) is 7.64. The van der Waals surface area contributed by atoms with Crippen LogP contribution in [-0.2, 0) is 4.79 Å². The zero-order valence-corrected chi connectivity index (χ0v) is 22.8. The number of nitrogens with zero attached hydrogens (tertiary/aromatic N) is 4. The van der Waals surface area contributed by atoms with Crippen molar-refractivity contribution in [1.82, 2.24) is 15.1 Å². The summed E-state index contributed by atoms with van der Waals surface area (Å²) in [7, 11) is 0. The van der Waals surface area contributed by atoms with Gasteiger partial charge in [-0.25, -0.2) is 4.39 Å². The average Bonchev–Trinajstić information content (AvgIpc) is 3.49. The molecular formula is C31H26FN5O3S. The third-order valence-corrected chi connectivity index (χ3v) is 7.73. The van der Waals surface area contributed by atoms with Crippen molar-refractivity contribution in [2.45, 2.75) is 5.22 Å². The van der Waals surface area contributed by atoms with Crippen LogP contribution in [-0.4, -0.2) is 58.8 Å². The molecule has 0 radical (unpaired) electrons. The van der Waals surface area contributed by atoms with Crippen LogP contribution in [0.3, 0.4) is 0 Å². The highest BCUT2D eigenvalue weighted by Gasteiger charge is 2.22. The van der Waals surface area contributed by atoms with Gasteiger partial charge >= 0.3 is 0 Å². The normalized spacial score (nSPS) is 13.4. The molecule has 0 bridgehead atoms. The summed E-state index contributed by atoms with van der Waals surface area (Å²) in [5.74, 6) is -0.219. The number of rotatable bonds is 7. The van der Waals surface area contributed by atoms with Crippen LogP contribution < -0.4 is 10.2 Å². The van der Waals surface area contributed by atoms with Crippen LogP contribution in [0.4, 0.5) is 15.8 Å². The molecule has 1 N–H and O–H groups in total. The van der Waals surface area contributed by atoms with E-state index in [-0.39, 0.29) is 17.6 Å². The van der Waals surface area contributed by atoms with E-state index < -0.39 is 5.82 Å². The van der Waals surface area contributed by atoms with Crippen LogP contribution in [0.15, 0.2) is 101 Å². The molecule has 2 amide bonds.